The van der Waals surface area contributed by atoms with Gasteiger partial charge >= 0.3 is 0 Å². The van der Waals surface area contributed by atoms with Crippen molar-refractivity contribution >= 4 is 34.1 Å². The molecule has 126 valence electrons. The molecule has 0 spiro atoms. The number of aromatic amines is 1. The highest BCUT2D eigenvalue weighted by atomic mass is 32.2. The standard InChI is InChI=1S/C21H20N2OS/c24-21(15-25-20-14-22-19-9-5-4-8-18(19)20)23-12-10-17(11-13-23)16-6-2-1-3-7-16/h1-10,14,22H,11-13,15H2. The molecule has 3 nitrogen and oxygen atoms in total. The fourth-order valence-electron chi connectivity index (χ4n) is 3.21. The maximum absolute atomic E-state index is 12.5. The number of carbonyl (C=O) groups excluding carboxylic acids is 1. The molecule has 4 heteroatoms. The van der Waals surface area contributed by atoms with Crippen LogP contribution in [-0.4, -0.2) is 34.6 Å². The molecule has 1 aliphatic heterocycles. The third-order valence-corrected chi connectivity index (χ3v) is 5.65. The molecule has 0 saturated heterocycles. The van der Waals surface area contributed by atoms with E-state index in [2.05, 4.69) is 47.5 Å². The SMILES string of the molecule is O=C(CSc1c[nH]c2ccccc12)N1CC=C(c2ccccc2)CC1. The number of nitrogens with zero attached hydrogens (tertiary/aromatic N) is 1. The van der Waals surface area contributed by atoms with Crippen molar-refractivity contribution in [1.82, 2.24) is 9.88 Å². The number of thioether (sulfide) groups is 1. The summed E-state index contributed by atoms with van der Waals surface area (Å²) in [7, 11) is 0. The van der Waals surface area contributed by atoms with Crippen LogP contribution >= 0.6 is 11.8 Å². The zero-order valence-corrected chi connectivity index (χ0v) is 14.8. The molecule has 0 fully saturated rings. The second-order valence-corrected chi connectivity index (χ2v) is 7.19. The average molecular weight is 348 g/mol. The molecule has 0 bridgehead atoms. The van der Waals surface area contributed by atoms with E-state index in [1.807, 2.05) is 29.3 Å². The lowest BCUT2D eigenvalue weighted by Gasteiger charge is -2.26. The van der Waals surface area contributed by atoms with E-state index in [1.165, 1.54) is 16.5 Å². The number of rotatable bonds is 4. The fraction of sp³-hybridized carbons (Fsp3) is 0.190. The van der Waals surface area contributed by atoms with Gasteiger partial charge in [-0.15, -0.1) is 11.8 Å². The van der Waals surface area contributed by atoms with Crippen molar-refractivity contribution in [1.29, 1.82) is 0 Å². The van der Waals surface area contributed by atoms with Crippen molar-refractivity contribution in [2.45, 2.75) is 11.3 Å². The molecule has 1 aromatic heterocycles. The number of amides is 1. The summed E-state index contributed by atoms with van der Waals surface area (Å²) in [6.45, 7) is 1.51. The highest BCUT2D eigenvalue weighted by Gasteiger charge is 2.18. The molecule has 0 unspecified atom stereocenters. The summed E-state index contributed by atoms with van der Waals surface area (Å²) >= 11 is 1.61. The van der Waals surface area contributed by atoms with E-state index in [4.69, 9.17) is 0 Å². The molecule has 1 amide bonds. The molecule has 1 aliphatic rings. The third kappa shape index (κ3) is 3.49. The zero-order chi connectivity index (χ0) is 17.1. The predicted octanol–water partition coefficient (Wildman–Crippen LogP) is 4.58. The Balaban J connectivity index is 1.37. The second-order valence-electron chi connectivity index (χ2n) is 6.17. The van der Waals surface area contributed by atoms with Crippen LogP contribution in [0.2, 0.25) is 0 Å². The van der Waals surface area contributed by atoms with Gasteiger partial charge in [-0.1, -0.05) is 54.6 Å². The molecular formula is C21H20N2OS. The van der Waals surface area contributed by atoms with E-state index in [-0.39, 0.29) is 5.91 Å². The van der Waals surface area contributed by atoms with E-state index in [1.54, 1.807) is 11.8 Å². The highest BCUT2D eigenvalue weighted by Crippen LogP contribution is 2.28. The normalized spacial score (nSPS) is 14.6. The molecule has 2 aromatic carbocycles. The molecule has 25 heavy (non-hydrogen) atoms. The number of hydrogen-bond acceptors (Lipinski definition) is 2. The molecule has 2 heterocycles. The number of fused-ring (bicyclic) bond motifs is 1. The quantitative estimate of drug-likeness (QED) is 0.701. The van der Waals surface area contributed by atoms with Crippen LogP contribution in [0.25, 0.3) is 16.5 Å². The van der Waals surface area contributed by atoms with Gasteiger partial charge in [0, 0.05) is 35.1 Å². The van der Waals surface area contributed by atoms with Crippen molar-refractivity contribution in [3.8, 4) is 0 Å². The molecule has 0 atom stereocenters. The van der Waals surface area contributed by atoms with Crippen LogP contribution in [0.15, 0.2) is 71.8 Å². The Labute approximate surface area is 151 Å². The maximum Gasteiger partial charge on any atom is 0.233 e. The number of H-pyrrole nitrogens is 1. The Morgan fingerprint density at radius 2 is 1.88 bits per heavy atom. The van der Waals surface area contributed by atoms with Gasteiger partial charge in [0.1, 0.15) is 0 Å². The van der Waals surface area contributed by atoms with Crippen LogP contribution in [0.5, 0.6) is 0 Å². The van der Waals surface area contributed by atoms with Crippen molar-refractivity contribution < 1.29 is 4.79 Å². The third-order valence-electron chi connectivity index (χ3n) is 4.61. The Morgan fingerprint density at radius 3 is 2.68 bits per heavy atom. The molecule has 0 radical (unpaired) electrons. The summed E-state index contributed by atoms with van der Waals surface area (Å²) in [4.78, 5) is 18.9. The Bertz CT molecular complexity index is 914. The van der Waals surface area contributed by atoms with Gasteiger partial charge in [0.2, 0.25) is 5.91 Å². The van der Waals surface area contributed by atoms with Crippen LogP contribution in [0.4, 0.5) is 0 Å². The zero-order valence-electron chi connectivity index (χ0n) is 13.9. The smallest absolute Gasteiger partial charge is 0.233 e. The second kappa shape index (κ2) is 7.19. The Kier molecular flexibility index (Phi) is 4.61. The van der Waals surface area contributed by atoms with Gasteiger partial charge in [-0.25, -0.2) is 0 Å². The number of benzene rings is 2. The number of carbonyl (C=O) groups is 1. The van der Waals surface area contributed by atoms with Gasteiger partial charge in [-0.05, 0) is 23.6 Å². The summed E-state index contributed by atoms with van der Waals surface area (Å²) in [6, 6.07) is 18.6. The summed E-state index contributed by atoms with van der Waals surface area (Å²) < 4.78 is 0. The maximum atomic E-state index is 12.5. The van der Waals surface area contributed by atoms with Crippen LogP contribution in [-0.2, 0) is 4.79 Å². The average Bonchev–Trinajstić information content (AvgIpc) is 3.10. The van der Waals surface area contributed by atoms with Gasteiger partial charge < -0.3 is 9.88 Å². The lowest BCUT2D eigenvalue weighted by molar-refractivity contribution is -0.127. The van der Waals surface area contributed by atoms with Gasteiger partial charge in [0.05, 0.1) is 5.75 Å². The monoisotopic (exact) mass is 348 g/mol. The van der Waals surface area contributed by atoms with E-state index in [0.29, 0.717) is 12.3 Å². The minimum atomic E-state index is 0.207. The molecule has 1 N–H and O–H groups in total. The van der Waals surface area contributed by atoms with Gasteiger partial charge in [-0.3, -0.25) is 4.79 Å². The van der Waals surface area contributed by atoms with Crippen LogP contribution in [0.3, 0.4) is 0 Å². The van der Waals surface area contributed by atoms with Crippen molar-refractivity contribution in [3.63, 3.8) is 0 Å². The topological polar surface area (TPSA) is 36.1 Å². The Hall–Kier alpha value is -2.46. The lowest BCUT2D eigenvalue weighted by atomic mass is 10.00. The van der Waals surface area contributed by atoms with E-state index in [0.717, 1.165) is 23.4 Å². The first-order chi connectivity index (χ1) is 12.3. The van der Waals surface area contributed by atoms with Crippen LogP contribution in [0.1, 0.15) is 12.0 Å². The highest BCUT2D eigenvalue weighted by molar-refractivity contribution is 8.00. The lowest BCUT2D eigenvalue weighted by Crippen LogP contribution is -2.35. The molecule has 3 aromatic rings. The summed E-state index contributed by atoms with van der Waals surface area (Å²) in [5.41, 5.74) is 3.72. The summed E-state index contributed by atoms with van der Waals surface area (Å²) in [5, 5.41) is 1.19. The van der Waals surface area contributed by atoms with Crippen LogP contribution < -0.4 is 0 Å². The first kappa shape index (κ1) is 16.0. The van der Waals surface area contributed by atoms with E-state index >= 15 is 0 Å². The van der Waals surface area contributed by atoms with Crippen molar-refractivity contribution in [2.75, 3.05) is 18.8 Å². The number of para-hydroxylation sites is 1. The minimum absolute atomic E-state index is 0.207. The predicted molar refractivity (Wildman–Crippen MR) is 105 cm³/mol. The fourth-order valence-corrected chi connectivity index (χ4v) is 4.14. The van der Waals surface area contributed by atoms with Gasteiger partial charge in [-0.2, -0.15) is 0 Å². The van der Waals surface area contributed by atoms with Gasteiger partial charge in [0.25, 0.3) is 0 Å². The van der Waals surface area contributed by atoms with Crippen molar-refractivity contribution in [3.05, 3.63) is 72.4 Å². The summed E-state index contributed by atoms with van der Waals surface area (Å²) in [6.07, 6.45) is 5.10. The Morgan fingerprint density at radius 1 is 1.08 bits per heavy atom. The van der Waals surface area contributed by atoms with E-state index in [9.17, 15) is 4.79 Å². The molecular weight excluding hydrogens is 328 g/mol. The number of nitrogens with one attached hydrogen (secondary N) is 1. The molecule has 4 rings (SSSR count). The summed E-state index contributed by atoms with van der Waals surface area (Å²) in [5.74, 6) is 0.690. The minimum Gasteiger partial charge on any atom is -0.360 e. The number of aromatic nitrogens is 1. The molecule has 0 aliphatic carbocycles. The first-order valence-electron chi connectivity index (χ1n) is 8.52. The number of hydrogen-bond donors (Lipinski definition) is 1. The largest absolute Gasteiger partial charge is 0.360 e. The van der Waals surface area contributed by atoms with Crippen LogP contribution in [0, 0.1) is 0 Å². The van der Waals surface area contributed by atoms with Gasteiger partial charge in [0.15, 0.2) is 0 Å². The molecule has 0 saturated carbocycles. The van der Waals surface area contributed by atoms with Crippen molar-refractivity contribution in [2.24, 2.45) is 0 Å². The van der Waals surface area contributed by atoms with E-state index < -0.39 is 0 Å². The first-order valence-corrected chi connectivity index (χ1v) is 9.51.